The Bertz CT molecular complexity index is 549. The van der Waals surface area contributed by atoms with Crippen molar-refractivity contribution in [2.24, 2.45) is 0 Å². The summed E-state index contributed by atoms with van der Waals surface area (Å²) in [5.41, 5.74) is 0.818. The van der Waals surface area contributed by atoms with E-state index in [4.69, 9.17) is 14.3 Å². The third kappa shape index (κ3) is 2.76. The number of aliphatic hydroxyl groups is 1. The highest BCUT2D eigenvalue weighted by Crippen LogP contribution is 2.35. The summed E-state index contributed by atoms with van der Waals surface area (Å²) in [4.78, 5) is 0. The minimum atomic E-state index is 0.00356. The summed E-state index contributed by atoms with van der Waals surface area (Å²) in [5, 5.41) is 17.1. The molecule has 0 spiro atoms. The van der Waals surface area contributed by atoms with Gasteiger partial charge in [0.25, 0.3) is 5.89 Å². The molecule has 0 radical (unpaired) electrons. The second-order valence-electron chi connectivity index (χ2n) is 4.76. The van der Waals surface area contributed by atoms with Crippen molar-refractivity contribution in [3.63, 3.8) is 0 Å². The van der Waals surface area contributed by atoms with Gasteiger partial charge in [-0.1, -0.05) is 18.6 Å². The van der Waals surface area contributed by atoms with Crippen molar-refractivity contribution in [1.82, 2.24) is 10.2 Å². The van der Waals surface area contributed by atoms with Gasteiger partial charge in [0.05, 0.1) is 6.61 Å². The molecule has 5 heteroatoms. The van der Waals surface area contributed by atoms with E-state index < -0.39 is 0 Å². The number of nitrogens with zero attached hydrogens (tertiary/aromatic N) is 2. The molecular weight excluding hydrogens is 244 g/mol. The van der Waals surface area contributed by atoms with Gasteiger partial charge in [0.15, 0.2) is 6.61 Å². The Morgan fingerprint density at radius 1 is 1.32 bits per heavy atom. The fourth-order valence-electron chi connectivity index (χ4n) is 2.02. The molecule has 5 nitrogen and oxygen atoms in total. The van der Waals surface area contributed by atoms with E-state index >= 15 is 0 Å². The molecule has 100 valence electrons. The Morgan fingerprint density at radius 2 is 2.21 bits per heavy atom. The van der Waals surface area contributed by atoms with Gasteiger partial charge in [-0.3, -0.25) is 0 Å². The number of rotatable bonds is 5. The molecule has 1 aromatic heterocycles. The monoisotopic (exact) mass is 260 g/mol. The summed E-state index contributed by atoms with van der Waals surface area (Å²) in [7, 11) is 0. The highest BCUT2D eigenvalue weighted by molar-refractivity contribution is 5.27. The van der Waals surface area contributed by atoms with Crippen molar-refractivity contribution in [2.75, 3.05) is 0 Å². The summed E-state index contributed by atoms with van der Waals surface area (Å²) in [5.74, 6) is 2.36. The fraction of sp³-hybridized carbons (Fsp3) is 0.429. The number of hydrogen-bond acceptors (Lipinski definition) is 5. The topological polar surface area (TPSA) is 68.4 Å². The van der Waals surface area contributed by atoms with E-state index in [9.17, 15) is 0 Å². The SMILES string of the molecule is OCc1cccc(OCc2nnc(C3CCC3)o2)c1. The van der Waals surface area contributed by atoms with Gasteiger partial charge in [0.1, 0.15) is 5.75 Å². The first-order valence-electron chi connectivity index (χ1n) is 6.50. The molecule has 2 aromatic rings. The van der Waals surface area contributed by atoms with Gasteiger partial charge in [0, 0.05) is 5.92 Å². The van der Waals surface area contributed by atoms with Crippen LogP contribution in [0.25, 0.3) is 0 Å². The molecule has 1 N–H and O–H groups in total. The van der Waals surface area contributed by atoms with Crippen LogP contribution >= 0.6 is 0 Å². The molecule has 0 saturated heterocycles. The van der Waals surface area contributed by atoms with Gasteiger partial charge in [0.2, 0.25) is 5.89 Å². The third-order valence-electron chi connectivity index (χ3n) is 3.38. The van der Waals surface area contributed by atoms with E-state index in [0.29, 0.717) is 17.6 Å². The summed E-state index contributed by atoms with van der Waals surface area (Å²) >= 11 is 0. The molecule has 1 aromatic carbocycles. The van der Waals surface area contributed by atoms with Crippen LogP contribution in [0.5, 0.6) is 5.75 Å². The predicted octanol–water partition coefficient (Wildman–Crippen LogP) is 2.41. The van der Waals surface area contributed by atoms with E-state index in [1.54, 1.807) is 6.07 Å². The molecule has 0 bridgehead atoms. The number of benzene rings is 1. The highest BCUT2D eigenvalue weighted by Gasteiger charge is 2.25. The first kappa shape index (κ1) is 12.2. The largest absolute Gasteiger partial charge is 0.484 e. The maximum absolute atomic E-state index is 9.05. The number of aliphatic hydroxyl groups excluding tert-OH is 1. The van der Waals surface area contributed by atoms with Crippen molar-refractivity contribution in [1.29, 1.82) is 0 Å². The van der Waals surface area contributed by atoms with Crippen LogP contribution in [-0.4, -0.2) is 15.3 Å². The zero-order chi connectivity index (χ0) is 13.1. The maximum atomic E-state index is 9.05. The molecule has 1 fully saturated rings. The lowest BCUT2D eigenvalue weighted by molar-refractivity contribution is 0.246. The lowest BCUT2D eigenvalue weighted by atomic mass is 9.85. The van der Waals surface area contributed by atoms with Gasteiger partial charge in [-0.25, -0.2) is 0 Å². The minimum Gasteiger partial charge on any atom is -0.484 e. The van der Waals surface area contributed by atoms with Crippen LogP contribution in [0, 0.1) is 0 Å². The Kier molecular flexibility index (Phi) is 3.46. The number of ether oxygens (including phenoxy) is 1. The first-order chi connectivity index (χ1) is 9.35. The molecule has 0 atom stereocenters. The van der Waals surface area contributed by atoms with Crippen LogP contribution in [0.1, 0.15) is 42.5 Å². The van der Waals surface area contributed by atoms with Crippen LogP contribution in [0.4, 0.5) is 0 Å². The molecule has 0 aliphatic heterocycles. The minimum absolute atomic E-state index is 0.00356. The fourth-order valence-corrected chi connectivity index (χ4v) is 2.02. The molecule has 1 aliphatic carbocycles. The normalized spacial score (nSPS) is 15.2. The molecule has 0 unspecified atom stereocenters. The Morgan fingerprint density at radius 3 is 2.95 bits per heavy atom. The average Bonchev–Trinajstić information content (AvgIpc) is 2.83. The summed E-state index contributed by atoms with van der Waals surface area (Å²) in [6, 6.07) is 7.31. The standard InChI is InChI=1S/C14H16N2O3/c17-8-10-3-1-6-12(7-10)18-9-13-15-16-14(19-13)11-4-2-5-11/h1,3,6-7,11,17H,2,4-5,8-9H2. The second-order valence-corrected chi connectivity index (χ2v) is 4.76. The quantitative estimate of drug-likeness (QED) is 0.894. The van der Waals surface area contributed by atoms with Gasteiger partial charge < -0.3 is 14.3 Å². The van der Waals surface area contributed by atoms with Crippen LogP contribution in [0.15, 0.2) is 28.7 Å². The van der Waals surface area contributed by atoms with Crippen LogP contribution in [0.2, 0.25) is 0 Å². The Balaban J connectivity index is 1.60. The van der Waals surface area contributed by atoms with E-state index in [2.05, 4.69) is 10.2 Å². The molecule has 1 heterocycles. The van der Waals surface area contributed by atoms with Crippen molar-refractivity contribution < 1.29 is 14.3 Å². The van der Waals surface area contributed by atoms with Crippen LogP contribution in [0.3, 0.4) is 0 Å². The maximum Gasteiger partial charge on any atom is 0.253 e. The van der Waals surface area contributed by atoms with Gasteiger partial charge in [-0.15, -0.1) is 10.2 Å². The second kappa shape index (κ2) is 5.40. The molecular formula is C14H16N2O3. The third-order valence-corrected chi connectivity index (χ3v) is 3.38. The van der Waals surface area contributed by atoms with E-state index in [1.165, 1.54) is 6.42 Å². The van der Waals surface area contributed by atoms with Gasteiger partial charge >= 0.3 is 0 Å². The smallest absolute Gasteiger partial charge is 0.253 e. The van der Waals surface area contributed by atoms with E-state index in [1.807, 2.05) is 18.2 Å². The van der Waals surface area contributed by atoms with Crippen LogP contribution in [-0.2, 0) is 13.2 Å². The van der Waals surface area contributed by atoms with Crippen molar-refractivity contribution in [3.8, 4) is 5.75 Å². The number of hydrogen-bond donors (Lipinski definition) is 1. The van der Waals surface area contributed by atoms with Crippen LogP contribution < -0.4 is 4.74 Å². The Hall–Kier alpha value is -1.88. The van der Waals surface area contributed by atoms with Crippen molar-refractivity contribution >= 4 is 0 Å². The summed E-state index contributed by atoms with van der Waals surface area (Å²) < 4.78 is 11.1. The average molecular weight is 260 g/mol. The van der Waals surface area contributed by atoms with Gasteiger partial charge in [-0.2, -0.15) is 0 Å². The molecule has 3 rings (SSSR count). The number of aromatic nitrogens is 2. The Labute approximate surface area is 111 Å². The van der Waals surface area contributed by atoms with E-state index in [-0.39, 0.29) is 13.2 Å². The van der Waals surface area contributed by atoms with E-state index in [0.717, 1.165) is 24.3 Å². The van der Waals surface area contributed by atoms with Crippen molar-refractivity contribution in [2.45, 2.75) is 38.4 Å². The molecule has 19 heavy (non-hydrogen) atoms. The summed E-state index contributed by atoms with van der Waals surface area (Å²) in [6.07, 6.45) is 3.52. The first-order valence-corrected chi connectivity index (χ1v) is 6.50. The molecule has 1 aliphatic rings. The molecule has 0 amide bonds. The summed E-state index contributed by atoms with van der Waals surface area (Å²) in [6.45, 7) is 0.262. The zero-order valence-electron chi connectivity index (χ0n) is 10.6. The molecule has 1 saturated carbocycles. The lowest BCUT2D eigenvalue weighted by Crippen LogP contribution is -2.08. The lowest BCUT2D eigenvalue weighted by Gasteiger charge is -2.20. The zero-order valence-corrected chi connectivity index (χ0v) is 10.6. The predicted molar refractivity (Wildman–Crippen MR) is 67.6 cm³/mol. The van der Waals surface area contributed by atoms with Gasteiger partial charge in [-0.05, 0) is 30.5 Å². The highest BCUT2D eigenvalue weighted by atomic mass is 16.5. The van der Waals surface area contributed by atoms with Crippen molar-refractivity contribution in [3.05, 3.63) is 41.6 Å².